The van der Waals surface area contributed by atoms with Gasteiger partial charge >= 0.3 is 5.97 Å². The van der Waals surface area contributed by atoms with E-state index in [0.717, 1.165) is 0 Å². The van der Waals surface area contributed by atoms with Gasteiger partial charge in [-0.15, -0.1) is 0 Å². The normalized spacial score (nSPS) is 10.3. The maximum absolute atomic E-state index is 11.5. The van der Waals surface area contributed by atoms with Crippen molar-refractivity contribution >= 4 is 22.6 Å². The molecule has 92 valence electrons. The highest BCUT2D eigenvalue weighted by molar-refractivity contribution is 5.95. The molecule has 0 amide bonds. The zero-order valence-electron chi connectivity index (χ0n) is 9.62. The second-order valence-electron chi connectivity index (χ2n) is 3.55. The predicted octanol–water partition coefficient (Wildman–Crippen LogP) is 2.32. The minimum absolute atomic E-state index is 0.0806. The van der Waals surface area contributed by atoms with E-state index in [4.69, 9.17) is 4.74 Å². The molecule has 0 saturated carbocycles. The van der Waals surface area contributed by atoms with Crippen LogP contribution < -0.4 is 0 Å². The third-order valence-corrected chi connectivity index (χ3v) is 2.40. The number of rotatable bonds is 3. The second kappa shape index (κ2) is 4.79. The first-order valence-electron chi connectivity index (χ1n) is 5.33. The van der Waals surface area contributed by atoms with Crippen LogP contribution in [0.1, 0.15) is 17.3 Å². The topological polar surface area (TPSA) is 82.3 Å². The lowest BCUT2D eigenvalue weighted by atomic mass is 10.1. The lowest BCUT2D eigenvalue weighted by molar-refractivity contribution is -0.383. The van der Waals surface area contributed by atoms with Crippen LogP contribution >= 0.6 is 0 Å². The Hall–Kier alpha value is -2.50. The number of carbonyl (C=O) groups is 1. The molecule has 0 saturated heterocycles. The number of nitro benzene ring substituents is 1. The molecule has 0 fully saturated rings. The Kier molecular flexibility index (Phi) is 3.18. The van der Waals surface area contributed by atoms with Crippen molar-refractivity contribution in [1.29, 1.82) is 0 Å². The summed E-state index contributed by atoms with van der Waals surface area (Å²) in [5, 5.41) is 11.3. The molecule has 0 bridgehead atoms. The lowest BCUT2D eigenvalue weighted by Gasteiger charge is -2.03. The van der Waals surface area contributed by atoms with Crippen LogP contribution in [0.3, 0.4) is 0 Å². The molecule has 6 nitrogen and oxygen atoms in total. The van der Waals surface area contributed by atoms with E-state index in [2.05, 4.69) is 4.98 Å². The molecular weight excluding hydrogens is 236 g/mol. The first-order valence-corrected chi connectivity index (χ1v) is 5.33. The van der Waals surface area contributed by atoms with Crippen molar-refractivity contribution in [2.75, 3.05) is 6.61 Å². The highest BCUT2D eigenvalue weighted by Gasteiger charge is 2.14. The van der Waals surface area contributed by atoms with E-state index in [1.807, 2.05) is 0 Å². The van der Waals surface area contributed by atoms with Gasteiger partial charge in [0.05, 0.1) is 17.1 Å². The molecule has 1 aromatic heterocycles. The van der Waals surface area contributed by atoms with E-state index in [1.165, 1.54) is 18.3 Å². The Morgan fingerprint density at radius 1 is 1.50 bits per heavy atom. The van der Waals surface area contributed by atoms with Crippen molar-refractivity contribution in [3.05, 3.63) is 46.1 Å². The Labute approximate surface area is 102 Å². The highest BCUT2D eigenvalue weighted by Crippen LogP contribution is 2.23. The van der Waals surface area contributed by atoms with Crippen LogP contribution in [0, 0.1) is 10.1 Å². The Morgan fingerprint density at radius 2 is 2.28 bits per heavy atom. The van der Waals surface area contributed by atoms with E-state index in [-0.39, 0.29) is 23.4 Å². The minimum atomic E-state index is -0.501. The van der Waals surface area contributed by atoms with Gasteiger partial charge in [-0.3, -0.25) is 10.1 Å². The summed E-state index contributed by atoms with van der Waals surface area (Å²) in [6.07, 6.45) is 1.29. The summed E-state index contributed by atoms with van der Waals surface area (Å²) in [6.45, 7) is 1.98. The Bertz CT molecular complexity index is 625. The first kappa shape index (κ1) is 12.0. The van der Waals surface area contributed by atoms with Gasteiger partial charge in [0, 0.05) is 17.6 Å². The lowest BCUT2D eigenvalue weighted by Crippen LogP contribution is -2.05. The van der Waals surface area contributed by atoms with Crippen molar-refractivity contribution in [2.24, 2.45) is 0 Å². The monoisotopic (exact) mass is 246 g/mol. The van der Waals surface area contributed by atoms with E-state index in [0.29, 0.717) is 5.39 Å². The molecule has 18 heavy (non-hydrogen) atoms. The summed E-state index contributed by atoms with van der Waals surface area (Å²) < 4.78 is 4.84. The number of esters is 1. The molecule has 0 radical (unpaired) electrons. The van der Waals surface area contributed by atoms with Crippen molar-refractivity contribution < 1.29 is 14.5 Å². The summed E-state index contributed by atoms with van der Waals surface area (Å²) >= 11 is 0. The molecule has 1 aromatic carbocycles. The van der Waals surface area contributed by atoms with Crippen LogP contribution in [0.4, 0.5) is 5.69 Å². The van der Waals surface area contributed by atoms with Crippen molar-refractivity contribution in [1.82, 2.24) is 4.98 Å². The first-order chi connectivity index (χ1) is 8.63. The summed E-state index contributed by atoms with van der Waals surface area (Å²) in [7, 11) is 0. The fraction of sp³-hybridized carbons (Fsp3) is 0.167. The largest absolute Gasteiger partial charge is 0.462 e. The molecule has 0 aliphatic rings. The molecule has 6 heteroatoms. The van der Waals surface area contributed by atoms with Crippen LogP contribution in [0.25, 0.3) is 10.9 Å². The summed E-state index contributed by atoms with van der Waals surface area (Å²) in [5.41, 5.74) is 0.461. The number of non-ortho nitro benzene ring substituents is 1. The van der Waals surface area contributed by atoms with Gasteiger partial charge in [-0.2, -0.15) is 0 Å². The third kappa shape index (κ3) is 2.13. The average Bonchev–Trinajstić information content (AvgIpc) is 2.37. The minimum Gasteiger partial charge on any atom is -0.462 e. The molecular formula is C12H10N2O4. The van der Waals surface area contributed by atoms with E-state index in [9.17, 15) is 14.9 Å². The zero-order chi connectivity index (χ0) is 13.1. The summed E-state index contributed by atoms with van der Waals surface area (Å²) in [5.74, 6) is -0.488. The molecule has 0 spiro atoms. The number of nitrogens with zero attached hydrogens (tertiary/aromatic N) is 2. The molecule has 0 N–H and O–H groups in total. The Morgan fingerprint density at radius 3 is 2.94 bits per heavy atom. The van der Waals surface area contributed by atoms with Gasteiger partial charge in [-0.25, -0.2) is 9.78 Å². The van der Waals surface area contributed by atoms with Crippen LogP contribution in [0.5, 0.6) is 0 Å². The summed E-state index contributed by atoms with van der Waals surface area (Å²) in [6, 6.07) is 6.13. The van der Waals surface area contributed by atoms with Gasteiger partial charge in [0.25, 0.3) is 5.69 Å². The van der Waals surface area contributed by atoms with E-state index in [1.54, 1.807) is 19.1 Å². The van der Waals surface area contributed by atoms with Crippen LogP contribution in [0.2, 0.25) is 0 Å². The fourth-order valence-corrected chi connectivity index (χ4v) is 1.62. The fourth-order valence-electron chi connectivity index (χ4n) is 1.62. The van der Waals surface area contributed by atoms with Gasteiger partial charge in [-0.05, 0) is 13.0 Å². The SMILES string of the molecule is CCOC(=O)c1cnc2c([N+](=O)[O-])cccc2c1. The smallest absolute Gasteiger partial charge is 0.339 e. The van der Waals surface area contributed by atoms with Crippen molar-refractivity contribution in [3.8, 4) is 0 Å². The van der Waals surface area contributed by atoms with Gasteiger partial charge < -0.3 is 4.74 Å². The molecule has 0 aliphatic heterocycles. The van der Waals surface area contributed by atoms with Gasteiger partial charge in [0.2, 0.25) is 0 Å². The number of pyridine rings is 1. The second-order valence-corrected chi connectivity index (χ2v) is 3.55. The van der Waals surface area contributed by atoms with Crippen molar-refractivity contribution in [2.45, 2.75) is 6.92 Å². The average molecular weight is 246 g/mol. The Balaban J connectivity index is 2.53. The quantitative estimate of drug-likeness (QED) is 0.471. The number of nitro groups is 1. The molecule has 0 atom stereocenters. The van der Waals surface area contributed by atoms with E-state index < -0.39 is 10.9 Å². The maximum atomic E-state index is 11.5. The molecule has 2 aromatic rings. The zero-order valence-corrected chi connectivity index (χ0v) is 9.62. The highest BCUT2D eigenvalue weighted by atomic mass is 16.6. The molecule has 0 aliphatic carbocycles. The number of carbonyl (C=O) groups excluding carboxylic acids is 1. The number of ether oxygens (including phenoxy) is 1. The maximum Gasteiger partial charge on any atom is 0.339 e. The van der Waals surface area contributed by atoms with Crippen LogP contribution in [0.15, 0.2) is 30.5 Å². The number of benzene rings is 1. The van der Waals surface area contributed by atoms with Crippen LogP contribution in [-0.2, 0) is 4.74 Å². The number of aromatic nitrogens is 1. The standard InChI is InChI=1S/C12H10N2O4/c1-2-18-12(15)9-6-8-4-3-5-10(14(16)17)11(8)13-7-9/h3-7H,2H2,1H3. The number of para-hydroxylation sites is 1. The predicted molar refractivity (Wildman–Crippen MR) is 64.4 cm³/mol. The number of hydrogen-bond acceptors (Lipinski definition) is 5. The summed E-state index contributed by atoms with van der Waals surface area (Å²) in [4.78, 5) is 25.8. The van der Waals surface area contributed by atoms with Gasteiger partial charge in [0.15, 0.2) is 0 Å². The third-order valence-electron chi connectivity index (χ3n) is 2.40. The van der Waals surface area contributed by atoms with Gasteiger partial charge in [0.1, 0.15) is 5.52 Å². The number of fused-ring (bicyclic) bond motifs is 1. The molecule has 1 heterocycles. The number of hydrogen-bond donors (Lipinski definition) is 0. The van der Waals surface area contributed by atoms with Crippen molar-refractivity contribution in [3.63, 3.8) is 0 Å². The molecule has 0 unspecified atom stereocenters. The van der Waals surface area contributed by atoms with Gasteiger partial charge in [-0.1, -0.05) is 12.1 Å². The molecule has 2 rings (SSSR count). The van der Waals surface area contributed by atoms with Crippen LogP contribution in [-0.4, -0.2) is 22.5 Å². The van der Waals surface area contributed by atoms with E-state index >= 15 is 0 Å².